The highest BCUT2D eigenvalue weighted by Gasteiger charge is 2.33. The molecule has 5 nitrogen and oxygen atoms in total. The van der Waals surface area contributed by atoms with Crippen LogP contribution in [-0.2, 0) is 11.4 Å². The van der Waals surface area contributed by atoms with Gasteiger partial charge in [-0.2, -0.15) is 5.01 Å². The van der Waals surface area contributed by atoms with Gasteiger partial charge in [-0.05, 0) is 60.3 Å². The summed E-state index contributed by atoms with van der Waals surface area (Å²) in [5.41, 5.74) is 4.50. The molecule has 33 heavy (non-hydrogen) atoms. The lowest BCUT2D eigenvalue weighted by Crippen LogP contribution is -2.44. The Morgan fingerprint density at radius 2 is 1.67 bits per heavy atom. The molecular weight excluding hydrogens is 499 g/mol. The van der Waals surface area contributed by atoms with Crippen LogP contribution < -0.4 is 10.2 Å². The number of nitrogens with zero attached hydrogens (tertiary/aromatic N) is 1. The Morgan fingerprint density at radius 3 is 2.33 bits per heavy atom. The monoisotopic (exact) mass is 514 g/mol. The van der Waals surface area contributed by atoms with Crippen LogP contribution in [0.25, 0.3) is 6.08 Å². The summed E-state index contributed by atoms with van der Waals surface area (Å²) in [5.74, 6) is -0.165. The van der Waals surface area contributed by atoms with E-state index < -0.39 is 5.91 Å². The molecular formula is C24H16Cl2N2O3S2. The van der Waals surface area contributed by atoms with E-state index in [9.17, 15) is 9.59 Å². The summed E-state index contributed by atoms with van der Waals surface area (Å²) < 4.78 is 6.04. The fourth-order valence-corrected chi connectivity index (χ4v) is 4.64. The first-order chi connectivity index (χ1) is 15.9. The van der Waals surface area contributed by atoms with Crippen LogP contribution in [0.5, 0.6) is 5.75 Å². The molecule has 3 aromatic rings. The van der Waals surface area contributed by atoms with Crippen molar-refractivity contribution in [3.63, 3.8) is 0 Å². The number of nitrogens with one attached hydrogen (secondary N) is 1. The predicted octanol–water partition coefficient (Wildman–Crippen LogP) is 6.12. The molecule has 3 aromatic carbocycles. The summed E-state index contributed by atoms with van der Waals surface area (Å²) in [5, 5.41) is 2.17. The molecule has 2 amide bonds. The summed E-state index contributed by atoms with van der Waals surface area (Å²) in [6.45, 7) is 0.234. The third-order valence-electron chi connectivity index (χ3n) is 4.67. The van der Waals surface area contributed by atoms with E-state index in [1.165, 1.54) is 0 Å². The lowest BCUT2D eigenvalue weighted by Gasteiger charge is -2.15. The molecule has 1 fully saturated rings. The number of hydrazine groups is 1. The molecule has 166 valence electrons. The van der Waals surface area contributed by atoms with Crippen molar-refractivity contribution in [2.45, 2.75) is 6.61 Å². The van der Waals surface area contributed by atoms with Gasteiger partial charge in [-0.25, -0.2) is 0 Å². The van der Waals surface area contributed by atoms with Crippen LogP contribution in [0.3, 0.4) is 0 Å². The van der Waals surface area contributed by atoms with Gasteiger partial charge in [0, 0.05) is 21.2 Å². The Kier molecular flexibility index (Phi) is 7.35. The van der Waals surface area contributed by atoms with Gasteiger partial charge in [-0.1, -0.05) is 71.4 Å². The van der Waals surface area contributed by atoms with E-state index in [0.29, 0.717) is 31.8 Å². The number of thiocarbonyl (C=S) groups is 1. The van der Waals surface area contributed by atoms with E-state index in [1.54, 1.807) is 66.7 Å². The molecule has 0 bridgehead atoms. The number of carbonyl (C=O) groups excluding carboxylic acids is 2. The first kappa shape index (κ1) is 23.3. The largest absolute Gasteiger partial charge is 0.489 e. The van der Waals surface area contributed by atoms with E-state index in [-0.39, 0.29) is 16.8 Å². The second-order valence-corrected chi connectivity index (χ2v) is 9.37. The molecule has 1 N–H and O–H groups in total. The van der Waals surface area contributed by atoms with Crippen molar-refractivity contribution in [2.75, 3.05) is 0 Å². The van der Waals surface area contributed by atoms with Crippen LogP contribution in [-0.4, -0.2) is 21.1 Å². The highest BCUT2D eigenvalue weighted by atomic mass is 35.5. The van der Waals surface area contributed by atoms with Crippen LogP contribution in [0.4, 0.5) is 0 Å². The number of thioether (sulfide) groups is 1. The summed E-state index contributed by atoms with van der Waals surface area (Å²) in [6, 6.07) is 21.1. The van der Waals surface area contributed by atoms with Crippen molar-refractivity contribution in [1.82, 2.24) is 10.4 Å². The molecule has 0 spiro atoms. The first-order valence-electron chi connectivity index (χ1n) is 9.72. The maximum atomic E-state index is 12.8. The Bertz CT molecular complexity index is 1230. The van der Waals surface area contributed by atoms with E-state index in [1.807, 2.05) is 12.1 Å². The van der Waals surface area contributed by atoms with Gasteiger partial charge in [0.05, 0.1) is 4.91 Å². The standard InChI is InChI=1S/C24H16Cl2N2O3S2/c25-19-7-4-8-20(26)18(19)14-31-17-11-9-15(10-12-17)13-21-23(30)28(24(32)33-21)27-22(29)16-5-2-1-3-6-16/h1-13H,14H2,(H,27,29)/b21-13-. The molecule has 1 saturated heterocycles. The fraction of sp³-hybridized carbons (Fsp3) is 0.0417. The SMILES string of the molecule is O=C(NN1C(=O)/C(=C/c2ccc(OCc3c(Cl)cccc3Cl)cc2)SC1=S)c1ccccc1. The third kappa shape index (κ3) is 5.57. The third-order valence-corrected chi connectivity index (χ3v) is 6.68. The molecule has 0 aromatic heterocycles. The van der Waals surface area contributed by atoms with Gasteiger partial charge in [0.25, 0.3) is 11.8 Å². The van der Waals surface area contributed by atoms with Crippen LogP contribution in [0, 0.1) is 0 Å². The molecule has 0 aliphatic carbocycles. The minimum atomic E-state index is -0.409. The van der Waals surface area contributed by atoms with Crippen LogP contribution in [0.1, 0.15) is 21.5 Å². The molecule has 0 radical (unpaired) electrons. The predicted molar refractivity (Wildman–Crippen MR) is 136 cm³/mol. The first-order valence-corrected chi connectivity index (χ1v) is 11.7. The summed E-state index contributed by atoms with van der Waals surface area (Å²) in [6.07, 6.45) is 1.71. The molecule has 0 unspecified atom stereocenters. The van der Waals surface area contributed by atoms with E-state index in [4.69, 9.17) is 40.2 Å². The molecule has 0 atom stereocenters. The summed E-state index contributed by atoms with van der Waals surface area (Å²) in [4.78, 5) is 25.5. The topological polar surface area (TPSA) is 58.6 Å². The van der Waals surface area contributed by atoms with Gasteiger partial charge >= 0.3 is 0 Å². The zero-order chi connectivity index (χ0) is 23.4. The van der Waals surface area contributed by atoms with Crippen molar-refractivity contribution in [2.24, 2.45) is 0 Å². The van der Waals surface area contributed by atoms with E-state index in [0.717, 1.165) is 22.3 Å². The average molecular weight is 515 g/mol. The van der Waals surface area contributed by atoms with Crippen molar-refractivity contribution in [3.05, 3.63) is 104 Å². The van der Waals surface area contributed by atoms with Gasteiger partial charge in [-0.15, -0.1) is 0 Å². The molecule has 1 aliphatic heterocycles. The van der Waals surface area contributed by atoms with Crippen molar-refractivity contribution < 1.29 is 14.3 Å². The molecule has 4 rings (SSSR count). The van der Waals surface area contributed by atoms with Crippen LogP contribution >= 0.6 is 47.2 Å². The fourth-order valence-electron chi connectivity index (χ4n) is 2.96. The smallest absolute Gasteiger partial charge is 0.285 e. The summed E-state index contributed by atoms with van der Waals surface area (Å²) in [7, 11) is 0. The van der Waals surface area contributed by atoms with Crippen LogP contribution in [0.2, 0.25) is 10.0 Å². The van der Waals surface area contributed by atoms with E-state index in [2.05, 4.69) is 5.43 Å². The van der Waals surface area contributed by atoms with Gasteiger partial charge in [-0.3, -0.25) is 15.0 Å². The van der Waals surface area contributed by atoms with Crippen LogP contribution in [0.15, 0.2) is 77.7 Å². The maximum absolute atomic E-state index is 12.8. The van der Waals surface area contributed by atoms with Crippen molar-refractivity contribution in [1.29, 1.82) is 0 Å². The average Bonchev–Trinajstić information content (AvgIpc) is 3.07. The summed E-state index contributed by atoms with van der Waals surface area (Å²) >= 11 is 18.7. The maximum Gasteiger partial charge on any atom is 0.285 e. The Labute approximate surface area is 210 Å². The minimum absolute atomic E-state index is 0.234. The highest BCUT2D eigenvalue weighted by Crippen LogP contribution is 2.32. The van der Waals surface area contributed by atoms with Gasteiger partial charge < -0.3 is 4.74 Å². The lowest BCUT2D eigenvalue weighted by molar-refractivity contribution is -0.123. The second kappa shape index (κ2) is 10.4. The van der Waals surface area contributed by atoms with Gasteiger partial charge in [0.1, 0.15) is 12.4 Å². The van der Waals surface area contributed by atoms with Gasteiger partial charge in [0.15, 0.2) is 4.32 Å². The Balaban J connectivity index is 1.41. The van der Waals surface area contributed by atoms with Crippen molar-refractivity contribution >= 4 is 69.4 Å². The number of amides is 2. The number of halogens is 2. The number of rotatable bonds is 6. The number of hydrogen-bond acceptors (Lipinski definition) is 5. The lowest BCUT2D eigenvalue weighted by atomic mass is 10.2. The Hall–Kier alpha value is -2.84. The zero-order valence-electron chi connectivity index (χ0n) is 17.0. The molecule has 1 aliphatic rings. The second-order valence-electron chi connectivity index (χ2n) is 6.88. The van der Waals surface area contributed by atoms with E-state index >= 15 is 0 Å². The Morgan fingerprint density at radius 1 is 1.00 bits per heavy atom. The minimum Gasteiger partial charge on any atom is -0.489 e. The number of hydrogen-bond donors (Lipinski definition) is 1. The number of ether oxygens (including phenoxy) is 1. The van der Waals surface area contributed by atoms with Gasteiger partial charge in [0.2, 0.25) is 0 Å². The molecule has 1 heterocycles. The quantitative estimate of drug-likeness (QED) is 0.317. The number of benzene rings is 3. The number of carbonyl (C=O) groups is 2. The normalized spacial score (nSPS) is 14.6. The molecule has 9 heteroatoms. The highest BCUT2D eigenvalue weighted by molar-refractivity contribution is 8.26. The zero-order valence-corrected chi connectivity index (χ0v) is 20.1. The molecule has 0 saturated carbocycles. The van der Waals surface area contributed by atoms with Crippen molar-refractivity contribution in [3.8, 4) is 5.75 Å².